The van der Waals surface area contributed by atoms with E-state index in [2.05, 4.69) is 20.5 Å². The molecule has 0 aliphatic rings. The number of hydrogen-bond donors (Lipinski definition) is 3. The highest BCUT2D eigenvalue weighted by molar-refractivity contribution is 5.91. The van der Waals surface area contributed by atoms with Gasteiger partial charge in [0.25, 0.3) is 5.56 Å². The molecule has 0 aliphatic heterocycles. The van der Waals surface area contributed by atoms with Crippen molar-refractivity contribution in [3.8, 4) is 5.75 Å². The van der Waals surface area contributed by atoms with Gasteiger partial charge in [-0.3, -0.25) is 9.78 Å². The van der Waals surface area contributed by atoms with Gasteiger partial charge < -0.3 is 9.84 Å². The lowest BCUT2D eigenvalue weighted by molar-refractivity contribution is 0.0734. The van der Waals surface area contributed by atoms with Crippen LogP contribution in [0.15, 0.2) is 64.5 Å². The molecule has 8 nitrogen and oxygen atoms in total. The van der Waals surface area contributed by atoms with E-state index in [4.69, 9.17) is 9.84 Å². The van der Waals surface area contributed by atoms with Gasteiger partial charge in [0.15, 0.2) is 0 Å². The number of carbonyl (C=O) groups is 1. The molecule has 0 radical (unpaired) electrons. The molecule has 0 bridgehead atoms. The highest BCUT2D eigenvalue weighted by Gasteiger charge is 2.08. The average molecular weight is 392 g/mol. The van der Waals surface area contributed by atoms with Crippen LogP contribution < -0.4 is 15.7 Å². The minimum Gasteiger partial charge on any atom is -0.423 e. The first-order valence-electron chi connectivity index (χ1n) is 8.94. The summed E-state index contributed by atoms with van der Waals surface area (Å²) < 4.78 is 5.32. The highest BCUT2D eigenvalue weighted by Crippen LogP contribution is 2.13. The van der Waals surface area contributed by atoms with Crippen LogP contribution in [-0.2, 0) is 6.42 Å². The molecule has 8 heteroatoms. The molecule has 0 aliphatic carbocycles. The number of anilines is 1. The topological polar surface area (TPSA) is 117 Å². The number of aromatic amines is 1. The van der Waals surface area contributed by atoms with Gasteiger partial charge in [-0.25, -0.2) is 15.2 Å². The van der Waals surface area contributed by atoms with Crippen LogP contribution in [0.4, 0.5) is 5.95 Å². The Kier molecular flexibility index (Phi) is 6.49. The molecule has 1 aromatic heterocycles. The van der Waals surface area contributed by atoms with Gasteiger partial charge in [0, 0.05) is 18.6 Å². The Morgan fingerprint density at radius 3 is 2.59 bits per heavy atom. The number of benzene rings is 2. The molecule has 0 spiro atoms. The number of nitrogens with one attached hydrogen (secondary N) is 2. The SMILES string of the molecule is Cc1nc(N/N=C\c2ccc(OC(=O)c3ccccc3)cc2)[nH]c(=O)c1CCO. The van der Waals surface area contributed by atoms with Gasteiger partial charge in [-0.1, -0.05) is 18.2 Å². The Balaban J connectivity index is 1.60. The molecule has 3 aromatic rings. The van der Waals surface area contributed by atoms with Crippen molar-refractivity contribution < 1.29 is 14.6 Å². The van der Waals surface area contributed by atoms with E-state index in [1.807, 2.05) is 6.07 Å². The summed E-state index contributed by atoms with van der Waals surface area (Å²) in [7, 11) is 0. The molecule has 0 amide bonds. The van der Waals surface area contributed by atoms with E-state index in [1.54, 1.807) is 61.7 Å². The Hall–Kier alpha value is -3.78. The first kappa shape index (κ1) is 20.0. The van der Waals surface area contributed by atoms with Gasteiger partial charge in [0.2, 0.25) is 5.95 Å². The highest BCUT2D eigenvalue weighted by atomic mass is 16.5. The molecule has 0 saturated heterocycles. The smallest absolute Gasteiger partial charge is 0.343 e. The summed E-state index contributed by atoms with van der Waals surface area (Å²) in [5, 5.41) is 13.0. The fourth-order valence-corrected chi connectivity index (χ4v) is 2.60. The molecular weight excluding hydrogens is 372 g/mol. The zero-order chi connectivity index (χ0) is 20.6. The minimum atomic E-state index is -0.427. The third-order valence-corrected chi connectivity index (χ3v) is 4.07. The third-order valence-electron chi connectivity index (χ3n) is 4.07. The average Bonchev–Trinajstić information content (AvgIpc) is 2.72. The van der Waals surface area contributed by atoms with Crippen molar-refractivity contribution in [3.05, 3.63) is 87.3 Å². The number of aliphatic hydroxyl groups excluding tert-OH is 1. The summed E-state index contributed by atoms with van der Waals surface area (Å²) in [5.74, 6) is 0.202. The first-order chi connectivity index (χ1) is 14.1. The lowest BCUT2D eigenvalue weighted by atomic mass is 10.2. The summed E-state index contributed by atoms with van der Waals surface area (Å²) in [5.41, 5.74) is 4.57. The molecular formula is C21H20N4O4. The monoisotopic (exact) mass is 392 g/mol. The van der Waals surface area contributed by atoms with E-state index in [1.165, 1.54) is 0 Å². The predicted molar refractivity (Wildman–Crippen MR) is 109 cm³/mol. The van der Waals surface area contributed by atoms with Gasteiger partial charge >= 0.3 is 5.97 Å². The van der Waals surface area contributed by atoms with Gasteiger partial charge in [-0.05, 0) is 48.9 Å². The summed E-state index contributed by atoms with van der Waals surface area (Å²) in [4.78, 5) is 30.8. The second kappa shape index (κ2) is 9.43. The van der Waals surface area contributed by atoms with E-state index in [9.17, 15) is 9.59 Å². The van der Waals surface area contributed by atoms with Crippen LogP contribution in [0.3, 0.4) is 0 Å². The van der Waals surface area contributed by atoms with Crippen molar-refractivity contribution in [1.29, 1.82) is 0 Å². The number of hydrogen-bond acceptors (Lipinski definition) is 7. The summed E-state index contributed by atoms with van der Waals surface area (Å²) in [6.45, 7) is 1.58. The van der Waals surface area contributed by atoms with Crippen molar-refractivity contribution >= 4 is 18.1 Å². The fourth-order valence-electron chi connectivity index (χ4n) is 2.60. The summed E-state index contributed by atoms with van der Waals surface area (Å²) >= 11 is 0. The molecule has 0 unspecified atom stereocenters. The van der Waals surface area contributed by atoms with E-state index in [-0.39, 0.29) is 24.5 Å². The number of rotatable bonds is 7. The standard InChI is InChI=1S/C21H20N4O4/c1-14-18(11-12-26)19(27)24-21(23-14)25-22-13-15-7-9-17(10-8-15)29-20(28)16-5-3-2-4-6-16/h2-10,13,26H,11-12H2,1H3,(H2,23,24,25,27)/b22-13-. The zero-order valence-corrected chi connectivity index (χ0v) is 15.8. The number of H-pyrrole nitrogens is 1. The Bertz CT molecular complexity index is 1060. The maximum absolute atomic E-state index is 12.0. The molecule has 0 saturated carbocycles. The normalized spacial score (nSPS) is 10.8. The van der Waals surface area contributed by atoms with Crippen LogP contribution in [0.2, 0.25) is 0 Å². The summed E-state index contributed by atoms with van der Waals surface area (Å²) in [6, 6.07) is 15.5. The van der Waals surface area contributed by atoms with Crippen LogP contribution in [0.1, 0.15) is 27.2 Å². The molecule has 29 heavy (non-hydrogen) atoms. The lowest BCUT2D eigenvalue weighted by Gasteiger charge is -2.05. The Morgan fingerprint density at radius 1 is 1.21 bits per heavy atom. The van der Waals surface area contributed by atoms with Crippen LogP contribution in [0.5, 0.6) is 5.75 Å². The molecule has 0 atom stereocenters. The number of ether oxygens (including phenoxy) is 1. The van der Waals surface area contributed by atoms with E-state index in [0.29, 0.717) is 22.6 Å². The van der Waals surface area contributed by atoms with Gasteiger partial charge in [-0.2, -0.15) is 5.10 Å². The number of hydrazone groups is 1. The van der Waals surface area contributed by atoms with Crippen LogP contribution in [0, 0.1) is 6.92 Å². The van der Waals surface area contributed by atoms with Crippen LogP contribution in [-0.4, -0.2) is 33.9 Å². The van der Waals surface area contributed by atoms with Gasteiger partial charge in [0.05, 0.1) is 17.5 Å². The molecule has 3 N–H and O–H groups in total. The quantitative estimate of drug-likeness (QED) is 0.246. The third kappa shape index (κ3) is 5.36. The number of nitrogens with zero attached hydrogens (tertiary/aromatic N) is 2. The van der Waals surface area contributed by atoms with E-state index in [0.717, 1.165) is 5.56 Å². The van der Waals surface area contributed by atoms with Crippen molar-refractivity contribution in [3.63, 3.8) is 0 Å². The Morgan fingerprint density at radius 2 is 1.93 bits per heavy atom. The number of aromatic nitrogens is 2. The summed E-state index contributed by atoms with van der Waals surface area (Å²) in [6.07, 6.45) is 1.79. The molecule has 148 valence electrons. The van der Waals surface area contributed by atoms with Gasteiger partial charge in [0.1, 0.15) is 5.75 Å². The lowest BCUT2D eigenvalue weighted by Crippen LogP contribution is -2.19. The van der Waals surface area contributed by atoms with Gasteiger partial charge in [-0.15, -0.1) is 0 Å². The number of aliphatic hydroxyl groups is 1. The van der Waals surface area contributed by atoms with Crippen molar-refractivity contribution in [2.24, 2.45) is 5.10 Å². The van der Waals surface area contributed by atoms with Crippen molar-refractivity contribution in [1.82, 2.24) is 9.97 Å². The number of aryl methyl sites for hydroxylation is 1. The number of esters is 1. The largest absolute Gasteiger partial charge is 0.423 e. The fraction of sp³-hybridized carbons (Fsp3) is 0.143. The zero-order valence-electron chi connectivity index (χ0n) is 15.8. The maximum atomic E-state index is 12.0. The molecule has 2 aromatic carbocycles. The molecule has 3 rings (SSSR count). The maximum Gasteiger partial charge on any atom is 0.343 e. The van der Waals surface area contributed by atoms with Crippen LogP contribution >= 0.6 is 0 Å². The van der Waals surface area contributed by atoms with Crippen LogP contribution in [0.25, 0.3) is 0 Å². The minimum absolute atomic E-state index is 0.118. The van der Waals surface area contributed by atoms with Crippen molar-refractivity contribution in [2.75, 3.05) is 12.0 Å². The Labute approximate surface area is 166 Å². The second-order valence-electron chi connectivity index (χ2n) is 6.15. The van der Waals surface area contributed by atoms with E-state index < -0.39 is 5.97 Å². The second-order valence-corrected chi connectivity index (χ2v) is 6.15. The molecule has 0 fully saturated rings. The first-order valence-corrected chi connectivity index (χ1v) is 8.94. The molecule has 1 heterocycles. The number of carbonyl (C=O) groups excluding carboxylic acids is 1. The van der Waals surface area contributed by atoms with E-state index >= 15 is 0 Å². The predicted octanol–water partition coefficient (Wildman–Crippen LogP) is 2.28. The van der Waals surface area contributed by atoms with Crippen molar-refractivity contribution in [2.45, 2.75) is 13.3 Å².